The SMILES string of the molecule is C=C1c2ccccc2C(=O)N1CC(=O)NC[C@H](c1ccccc1)N(C)C. The van der Waals surface area contributed by atoms with E-state index in [0.29, 0.717) is 17.8 Å². The third-order valence-corrected chi connectivity index (χ3v) is 4.64. The monoisotopic (exact) mass is 349 g/mol. The number of nitrogens with one attached hydrogen (secondary N) is 1. The molecule has 1 atom stereocenters. The standard InChI is InChI=1S/C21H23N3O2/c1-15-17-11-7-8-12-18(17)21(26)24(15)14-20(25)22-13-19(23(2)3)16-9-5-4-6-10-16/h4-12,19H,1,13-14H2,2-3H3,(H,22,25)/t19-/m1/s1. The Labute approximate surface area is 153 Å². The molecule has 2 aromatic carbocycles. The van der Waals surface area contributed by atoms with Crippen molar-refractivity contribution in [3.8, 4) is 0 Å². The highest BCUT2D eigenvalue weighted by atomic mass is 16.2. The van der Waals surface area contributed by atoms with Crippen molar-refractivity contribution in [2.75, 3.05) is 27.2 Å². The smallest absolute Gasteiger partial charge is 0.259 e. The number of amides is 2. The van der Waals surface area contributed by atoms with Crippen molar-refractivity contribution < 1.29 is 9.59 Å². The molecule has 1 heterocycles. The lowest BCUT2D eigenvalue weighted by Crippen LogP contribution is -2.40. The number of likely N-dealkylation sites (N-methyl/N-ethyl adjacent to an activating group) is 1. The third kappa shape index (κ3) is 3.53. The molecule has 0 saturated heterocycles. The molecule has 0 bridgehead atoms. The molecule has 26 heavy (non-hydrogen) atoms. The van der Waals surface area contributed by atoms with Gasteiger partial charge in [-0.15, -0.1) is 0 Å². The number of hydrogen-bond acceptors (Lipinski definition) is 3. The van der Waals surface area contributed by atoms with Gasteiger partial charge < -0.3 is 10.2 Å². The number of benzene rings is 2. The van der Waals surface area contributed by atoms with Crippen LogP contribution in [0.4, 0.5) is 0 Å². The summed E-state index contributed by atoms with van der Waals surface area (Å²) < 4.78 is 0. The largest absolute Gasteiger partial charge is 0.353 e. The highest BCUT2D eigenvalue weighted by Gasteiger charge is 2.31. The summed E-state index contributed by atoms with van der Waals surface area (Å²) in [6.45, 7) is 4.41. The van der Waals surface area contributed by atoms with Gasteiger partial charge in [-0.25, -0.2) is 0 Å². The number of carbonyl (C=O) groups is 2. The molecule has 5 heteroatoms. The van der Waals surface area contributed by atoms with Crippen molar-refractivity contribution in [1.82, 2.24) is 15.1 Å². The Morgan fingerprint density at radius 1 is 1.08 bits per heavy atom. The second-order valence-electron chi connectivity index (χ2n) is 6.58. The maximum absolute atomic E-state index is 12.5. The van der Waals surface area contributed by atoms with Gasteiger partial charge in [0.15, 0.2) is 0 Å². The minimum absolute atomic E-state index is 0.0265. The molecule has 1 N–H and O–H groups in total. The van der Waals surface area contributed by atoms with Crippen LogP contribution in [0.5, 0.6) is 0 Å². The van der Waals surface area contributed by atoms with Crippen LogP contribution in [0.3, 0.4) is 0 Å². The van der Waals surface area contributed by atoms with Crippen molar-refractivity contribution in [3.05, 3.63) is 77.9 Å². The van der Waals surface area contributed by atoms with Crippen LogP contribution in [-0.4, -0.2) is 48.8 Å². The molecule has 2 aromatic rings. The number of fused-ring (bicyclic) bond motifs is 1. The van der Waals surface area contributed by atoms with E-state index in [-0.39, 0.29) is 24.4 Å². The molecule has 0 aromatic heterocycles. The second kappa shape index (κ2) is 7.54. The quantitative estimate of drug-likeness (QED) is 0.872. The van der Waals surface area contributed by atoms with Gasteiger partial charge in [0.2, 0.25) is 5.91 Å². The summed E-state index contributed by atoms with van der Waals surface area (Å²) in [5.74, 6) is -0.372. The summed E-state index contributed by atoms with van der Waals surface area (Å²) in [7, 11) is 3.96. The molecule has 5 nitrogen and oxygen atoms in total. The van der Waals surface area contributed by atoms with E-state index in [1.54, 1.807) is 6.07 Å². The van der Waals surface area contributed by atoms with E-state index in [9.17, 15) is 9.59 Å². The Kier molecular flexibility index (Phi) is 5.19. The first-order chi connectivity index (χ1) is 12.5. The van der Waals surface area contributed by atoms with E-state index in [1.807, 2.05) is 62.6 Å². The second-order valence-corrected chi connectivity index (χ2v) is 6.58. The van der Waals surface area contributed by atoms with Crippen molar-refractivity contribution in [2.24, 2.45) is 0 Å². The Bertz CT molecular complexity index is 795. The molecule has 134 valence electrons. The van der Waals surface area contributed by atoms with Crippen LogP contribution in [0.1, 0.15) is 27.5 Å². The van der Waals surface area contributed by atoms with E-state index >= 15 is 0 Å². The topological polar surface area (TPSA) is 52.7 Å². The first-order valence-electron chi connectivity index (χ1n) is 8.57. The zero-order valence-electron chi connectivity index (χ0n) is 15.1. The number of rotatable bonds is 6. The van der Waals surface area contributed by atoms with Gasteiger partial charge in [0.25, 0.3) is 5.91 Å². The van der Waals surface area contributed by atoms with E-state index in [2.05, 4.69) is 16.8 Å². The maximum atomic E-state index is 12.5. The molecule has 0 radical (unpaired) electrons. The van der Waals surface area contributed by atoms with Crippen LogP contribution in [0.15, 0.2) is 61.2 Å². The lowest BCUT2D eigenvalue weighted by atomic mass is 10.1. The summed E-state index contributed by atoms with van der Waals surface area (Å²) in [6.07, 6.45) is 0. The van der Waals surface area contributed by atoms with Gasteiger partial charge in [-0.1, -0.05) is 55.1 Å². The van der Waals surface area contributed by atoms with Crippen LogP contribution in [0, 0.1) is 0 Å². The summed E-state index contributed by atoms with van der Waals surface area (Å²) in [4.78, 5) is 28.4. The van der Waals surface area contributed by atoms with Gasteiger partial charge in [0.1, 0.15) is 6.54 Å². The highest BCUT2D eigenvalue weighted by molar-refractivity contribution is 6.10. The molecule has 0 unspecified atom stereocenters. The predicted molar refractivity (Wildman–Crippen MR) is 102 cm³/mol. The normalized spacial score (nSPS) is 14.5. The Balaban J connectivity index is 1.63. The molecular formula is C21H23N3O2. The number of nitrogens with zero attached hydrogens (tertiary/aromatic N) is 2. The third-order valence-electron chi connectivity index (χ3n) is 4.64. The molecule has 0 saturated carbocycles. The minimum Gasteiger partial charge on any atom is -0.353 e. The summed E-state index contributed by atoms with van der Waals surface area (Å²) in [6, 6.07) is 17.4. The molecule has 0 fully saturated rings. The van der Waals surface area contributed by atoms with Gasteiger partial charge in [-0.05, 0) is 25.7 Å². The van der Waals surface area contributed by atoms with Crippen LogP contribution in [0.2, 0.25) is 0 Å². The highest BCUT2D eigenvalue weighted by Crippen LogP contribution is 2.30. The van der Waals surface area contributed by atoms with Gasteiger partial charge in [0.05, 0.1) is 6.04 Å². The fraction of sp³-hybridized carbons (Fsp3) is 0.238. The van der Waals surface area contributed by atoms with E-state index in [4.69, 9.17) is 0 Å². The molecule has 1 aliphatic heterocycles. The Hall–Kier alpha value is -2.92. The summed E-state index contributed by atoms with van der Waals surface area (Å²) in [5, 5.41) is 2.94. The average molecular weight is 349 g/mol. The van der Waals surface area contributed by atoms with Gasteiger partial charge >= 0.3 is 0 Å². The van der Waals surface area contributed by atoms with Crippen molar-refractivity contribution in [1.29, 1.82) is 0 Å². The molecular weight excluding hydrogens is 326 g/mol. The predicted octanol–water partition coefficient (Wildman–Crippen LogP) is 2.53. The first-order valence-corrected chi connectivity index (χ1v) is 8.57. The van der Waals surface area contributed by atoms with Crippen LogP contribution in [0.25, 0.3) is 5.70 Å². The zero-order valence-corrected chi connectivity index (χ0v) is 15.1. The fourth-order valence-corrected chi connectivity index (χ4v) is 3.19. The van der Waals surface area contributed by atoms with E-state index < -0.39 is 0 Å². The van der Waals surface area contributed by atoms with Crippen LogP contribution < -0.4 is 5.32 Å². The first kappa shape index (κ1) is 17.9. The molecule has 0 aliphatic carbocycles. The Morgan fingerprint density at radius 2 is 1.69 bits per heavy atom. The van der Waals surface area contributed by atoms with Gasteiger partial charge in [-0.3, -0.25) is 14.5 Å². The Morgan fingerprint density at radius 3 is 2.31 bits per heavy atom. The lowest BCUT2D eigenvalue weighted by Gasteiger charge is -2.25. The van der Waals surface area contributed by atoms with Crippen molar-refractivity contribution >= 4 is 17.5 Å². The fourth-order valence-electron chi connectivity index (χ4n) is 3.19. The maximum Gasteiger partial charge on any atom is 0.259 e. The van der Waals surface area contributed by atoms with E-state index in [0.717, 1.165) is 11.1 Å². The van der Waals surface area contributed by atoms with Crippen molar-refractivity contribution in [2.45, 2.75) is 6.04 Å². The molecule has 3 rings (SSSR count). The van der Waals surface area contributed by atoms with Gasteiger partial charge in [0, 0.05) is 23.4 Å². The molecule has 0 spiro atoms. The number of carbonyl (C=O) groups excluding carboxylic acids is 2. The van der Waals surface area contributed by atoms with Gasteiger partial charge in [-0.2, -0.15) is 0 Å². The summed E-state index contributed by atoms with van der Waals surface area (Å²) in [5.41, 5.74) is 3.10. The lowest BCUT2D eigenvalue weighted by molar-refractivity contribution is -0.121. The van der Waals surface area contributed by atoms with Crippen LogP contribution >= 0.6 is 0 Å². The molecule has 1 aliphatic rings. The number of hydrogen-bond donors (Lipinski definition) is 1. The minimum atomic E-state index is -0.199. The summed E-state index contributed by atoms with van der Waals surface area (Å²) >= 11 is 0. The van der Waals surface area contributed by atoms with Crippen molar-refractivity contribution in [3.63, 3.8) is 0 Å². The van der Waals surface area contributed by atoms with E-state index in [1.165, 1.54) is 4.90 Å². The average Bonchev–Trinajstić information content (AvgIpc) is 2.88. The van der Waals surface area contributed by atoms with Crippen LogP contribution in [-0.2, 0) is 4.79 Å². The molecule has 2 amide bonds. The zero-order chi connectivity index (χ0) is 18.7.